The van der Waals surface area contributed by atoms with Crippen molar-refractivity contribution in [3.8, 4) is 5.75 Å². The number of benzene rings is 2. The highest BCUT2D eigenvalue weighted by molar-refractivity contribution is 5.93. The van der Waals surface area contributed by atoms with E-state index < -0.39 is 18.0 Å². The van der Waals surface area contributed by atoms with Crippen molar-refractivity contribution in [1.82, 2.24) is 5.32 Å². The highest BCUT2D eigenvalue weighted by Gasteiger charge is 2.25. The Hall–Kier alpha value is -2.66. The highest BCUT2D eigenvalue weighted by atomic mass is 16.6. The summed E-state index contributed by atoms with van der Waals surface area (Å²) < 4.78 is 10.8. The lowest BCUT2D eigenvalue weighted by atomic mass is 10.0. The van der Waals surface area contributed by atoms with Crippen molar-refractivity contribution in [2.75, 3.05) is 7.05 Å². The average molecular weight is 327 g/mol. The summed E-state index contributed by atoms with van der Waals surface area (Å²) >= 11 is 0. The number of hydrogen-bond acceptors (Lipinski definition) is 5. The molecule has 0 saturated heterocycles. The molecule has 0 radical (unpaired) electrons. The number of ether oxygens (including phenoxy) is 2. The molecular weight excluding hydrogens is 306 g/mol. The van der Waals surface area contributed by atoms with E-state index in [0.29, 0.717) is 0 Å². The Bertz CT molecular complexity index is 700. The second kappa shape index (κ2) is 8.26. The molecule has 0 spiro atoms. The van der Waals surface area contributed by atoms with Gasteiger partial charge in [0.15, 0.2) is 0 Å². The second-order valence-corrected chi connectivity index (χ2v) is 5.40. The zero-order chi connectivity index (χ0) is 17.5. The summed E-state index contributed by atoms with van der Waals surface area (Å²) in [5.74, 6) is -0.833. The molecule has 2 aromatic rings. The summed E-state index contributed by atoms with van der Waals surface area (Å²) in [7, 11) is 1.81. The van der Waals surface area contributed by atoms with Gasteiger partial charge in [0, 0.05) is 13.0 Å². The topological polar surface area (TPSA) is 64.6 Å². The van der Waals surface area contributed by atoms with Crippen LogP contribution in [0, 0.1) is 0 Å². The molecule has 0 aromatic heterocycles. The molecule has 1 N–H and O–H groups in total. The van der Waals surface area contributed by atoms with Crippen molar-refractivity contribution in [3.05, 3.63) is 65.7 Å². The molecule has 24 heavy (non-hydrogen) atoms. The van der Waals surface area contributed by atoms with Crippen LogP contribution in [0.4, 0.5) is 0 Å². The van der Waals surface area contributed by atoms with Crippen LogP contribution in [0.1, 0.15) is 35.9 Å². The first-order valence-electron chi connectivity index (χ1n) is 7.73. The molecule has 0 aliphatic heterocycles. The van der Waals surface area contributed by atoms with E-state index in [9.17, 15) is 9.59 Å². The van der Waals surface area contributed by atoms with E-state index in [0.717, 1.165) is 5.56 Å². The molecule has 126 valence electrons. The Balaban J connectivity index is 2.27. The van der Waals surface area contributed by atoms with E-state index in [1.54, 1.807) is 31.3 Å². The fourth-order valence-electron chi connectivity index (χ4n) is 2.31. The van der Waals surface area contributed by atoms with Crippen LogP contribution in [0.5, 0.6) is 5.75 Å². The zero-order valence-electron chi connectivity index (χ0n) is 14.0. The maximum Gasteiger partial charge on any atom is 0.342 e. The lowest BCUT2D eigenvalue weighted by Gasteiger charge is -2.24. The number of esters is 2. The van der Waals surface area contributed by atoms with Gasteiger partial charge < -0.3 is 14.8 Å². The largest absolute Gasteiger partial charge is 0.452 e. The lowest BCUT2D eigenvalue weighted by molar-refractivity contribution is -0.131. The number of likely N-dealkylation sites (N-methyl/N-ethyl adjacent to an activating group) is 1. The standard InChI is InChI=1S/C19H21NO4/c1-13(20-3)18(15-9-5-4-6-10-15)24-19(22)16-11-7-8-12-17(16)23-14(2)21/h4-13,18,20H,1-3H3. The van der Waals surface area contributed by atoms with Gasteiger partial charge in [-0.05, 0) is 31.7 Å². The quantitative estimate of drug-likeness (QED) is 0.652. The van der Waals surface area contributed by atoms with Gasteiger partial charge in [-0.2, -0.15) is 0 Å². The predicted octanol–water partition coefficient (Wildman–Crippen LogP) is 3.12. The first kappa shape index (κ1) is 17.7. The molecule has 5 heteroatoms. The van der Waals surface area contributed by atoms with E-state index >= 15 is 0 Å². The van der Waals surface area contributed by atoms with E-state index in [4.69, 9.17) is 9.47 Å². The molecule has 2 unspecified atom stereocenters. The minimum Gasteiger partial charge on any atom is -0.452 e. The van der Waals surface area contributed by atoms with Gasteiger partial charge in [-0.15, -0.1) is 0 Å². The molecule has 0 fully saturated rings. The Morgan fingerprint density at radius 2 is 1.62 bits per heavy atom. The summed E-state index contributed by atoms with van der Waals surface area (Å²) in [5.41, 5.74) is 1.11. The minimum absolute atomic E-state index is 0.0859. The fourth-order valence-corrected chi connectivity index (χ4v) is 2.31. The van der Waals surface area contributed by atoms with Gasteiger partial charge in [-0.3, -0.25) is 4.79 Å². The predicted molar refractivity (Wildman–Crippen MR) is 90.9 cm³/mol. The van der Waals surface area contributed by atoms with E-state index in [-0.39, 0.29) is 17.4 Å². The van der Waals surface area contributed by atoms with Crippen molar-refractivity contribution in [3.63, 3.8) is 0 Å². The molecule has 0 aliphatic rings. The summed E-state index contributed by atoms with van der Waals surface area (Å²) in [5, 5.41) is 3.10. The van der Waals surface area contributed by atoms with Crippen LogP contribution < -0.4 is 10.1 Å². The Kier molecular flexibility index (Phi) is 6.09. The second-order valence-electron chi connectivity index (χ2n) is 5.40. The van der Waals surface area contributed by atoms with Gasteiger partial charge in [-0.1, -0.05) is 42.5 Å². The number of rotatable bonds is 6. The minimum atomic E-state index is -0.539. The first-order chi connectivity index (χ1) is 11.5. The van der Waals surface area contributed by atoms with Crippen LogP contribution in [0.2, 0.25) is 0 Å². The maximum atomic E-state index is 12.6. The molecular formula is C19H21NO4. The van der Waals surface area contributed by atoms with Crippen LogP contribution in [0.15, 0.2) is 54.6 Å². The van der Waals surface area contributed by atoms with E-state index in [1.807, 2.05) is 37.3 Å². The first-order valence-corrected chi connectivity index (χ1v) is 7.73. The van der Waals surface area contributed by atoms with Gasteiger partial charge in [0.1, 0.15) is 17.4 Å². The van der Waals surface area contributed by atoms with Gasteiger partial charge in [0.05, 0.1) is 0 Å². The van der Waals surface area contributed by atoms with Gasteiger partial charge in [0.2, 0.25) is 0 Å². The molecule has 5 nitrogen and oxygen atoms in total. The number of carbonyl (C=O) groups is 2. The number of nitrogens with one attached hydrogen (secondary N) is 1. The summed E-state index contributed by atoms with van der Waals surface area (Å²) in [6.45, 7) is 3.22. The Morgan fingerprint density at radius 1 is 1.00 bits per heavy atom. The zero-order valence-corrected chi connectivity index (χ0v) is 14.0. The van der Waals surface area contributed by atoms with Gasteiger partial charge in [0.25, 0.3) is 0 Å². The molecule has 2 atom stereocenters. The third-order valence-electron chi connectivity index (χ3n) is 3.63. The van der Waals surface area contributed by atoms with E-state index in [1.165, 1.54) is 6.92 Å². The number of hydrogen-bond donors (Lipinski definition) is 1. The smallest absolute Gasteiger partial charge is 0.342 e. The lowest BCUT2D eigenvalue weighted by Crippen LogP contribution is -2.32. The third-order valence-corrected chi connectivity index (χ3v) is 3.63. The molecule has 0 aliphatic carbocycles. The summed E-state index contributed by atoms with van der Waals surface area (Å²) in [6, 6.07) is 16.0. The number of para-hydroxylation sites is 1. The highest BCUT2D eigenvalue weighted by Crippen LogP contribution is 2.26. The Morgan fingerprint density at radius 3 is 2.25 bits per heavy atom. The van der Waals surface area contributed by atoms with Crippen LogP contribution in [-0.4, -0.2) is 25.0 Å². The molecule has 0 heterocycles. The van der Waals surface area contributed by atoms with Crippen molar-refractivity contribution in [1.29, 1.82) is 0 Å². The van der Waals surface area contributed by atoms with Crippen molar-refractivity contribution < 1.29 is 19.1 Å². The molecule has 2 aromatic carbocycles. The Labute approximate surface area is 141 Å². The fraction of sp³-hybridized carbons (Fsp3) is 0.263. The van der Waals surface area contributed by atoms with Crippen molar-refractivity contribution >= 4 is 11.9 Å². The SMILES string of the molecule is CNC(C)C(OC(=O)c1ccccc1OC(C)=O)c1ccccc1. The van der Waals surface area contributed by atoms with Crippen molar-refractivity contribution in [2.45, 2.75) is 26.0 Å². The summed E-state index contributed by atoms with van der Waals surface area (Å²) in [6.07, 6.45) is -0.464. The molecule has 0 saturated carbocycles. The molecule has 0 amide bonds. The maximum absolute atomic E-state index is 12.6. The van der Waals surface area contributed by atoms with Crippen LogP contribution in [0.25, 0.3) is 0 Å². The van der Waals surface area contributed by atoms with Gasteiger partial charge >= 0.3 is 11.9 Å². The molecule has 2 rings (SSSR count). The van der Waals surface area contributed by atoms with Crippen LogP contribution >= 0.6 is 0 Å². The number of carbonyl (C=O) groups excluding carboxylic acids is 2. The molecule has 0 bridgehead atoms. The van der Waals surface area contributed by atoms with Crippen molar-refractivity contribution in [2.24, 2.45) is 0 Å². The van der Waals surface area contributed by atoms with Crippen LogP contribution in [-0.2, 0) is 9.53 Å². The monoisotopic (exact) mass is 327 g/mol. The van der Waals surface area contributed by atoms with Crippen LogP contribution in [0.3, 0.4) is 0 Å². The van der Waals surface area contributed by atoms with Gasteiger partial charge in [-0.25, -0.2) is 4.79 Å². The average Bonchev–Trinajstić information content (AvgIpc) is 2.59. The third kappa shape index (κ3) is 4.43. The van der Waals surface area contributed by atoms with E-state index in [2.05, 4.69) is 5.32 Å². The normalized spacial score (nSPS) is 13.0. The summed E-state index contributed by atoms with van der Waals surface area (Å²) in [4.78, 5) is 23.8.